The molecule has 3 atom stereocenters. The number of aromatic nitrogens is 2. The molecule has 0 bridgehead atoms. The molecule has 2 saturated heterocycles. The lowest BCUT2D eigenvalue weighted by Gasteiger charge is -2.36. The van der Waals surface area contributed by atoms with Crippen LogP contribution in [0.25, 0.3) is 0 Å². The van der Waals surface area contributed by atoms with Crippen molar-refractivity contribution < 1.29 is 4.74 Å². The van der Waals surface area contributed by atoms with Gasteiger partial charge in [-0.2, -0.15) is 4.98 Å². The molecule has 6 nitrogen and oxygen atoms in total. The van der Waals surface area contributed by atoms with Crippen LogP contribution < -0.4 is 15.5 Å². The first-order valence-corrected chi connectivity index (χ1v) is 9.67. The van der Waals surface area contributed by atoms with Crippen LogP contribution in [0.5, 0.6) is 0 Å². The third-order valence-electron chi connectivity index (χ3n) is 4.77. The second kappa shape index (κ2) is 8.27. The average Bonchev–Trinajstić information content (AvgIpc) is 3.05. The zero-order valence-electron chi connectivity index (χ0n) is 15.4. The summed E-state index contributed by atoms with van der Waals surface area (Å²) in [6.07, 6.45) is 3.75. The summed E-state index contributed by atoms with van der Waals surface area (Å²) in [7, 11) is 0. The first-order valence-electron chi connectivity index (χ1n) is 9.26. The molecule has 25 heavy (non-hydrogen) atoms. The lowest BCUT2D eigenvalue weighted by Crippen LogP contribution is -2.39. The molecule has 3 heterocycles. The molecular weight excluding hydrogens is 334 g/mol. The van der Waals surface area contributed by atoms with Crippen LogP contribution in [0.2, 0.25) is 0 Å². The summed E-state index contributed by atoms with van der Waals surface area (Å²) in [6.45, 7) is 10.3. The monoisotopic (exact) mass is 363 g/mol. The first-order chi connectivity index (χ1) is 12.0. The Labute approximate surface area is 155 Å². The molecule has 0 radical (unpaired) electrons. The van der Waals surface area contributed by atoms with Crippen molar-refractivity contribution in [2.75, 3.05) is 36.5 Å². The van der Waals surface area contributed by atoms with E-state index in [2.05, 4.69) is 40.4 Å². The Balaban J connectivity index is 1.61. The normalized spacial score (nSPS) is 26.5. The Morgan fingerprint density at radius 1 is 1.32 bits per heavy atom. The molecule has 138 valence electrons. The number of rotatable bonds is 4. The van der Waals surface area contributed by atoms with E-state index in [9.17, 15) is 0 Å². The van der Waals surface area contributed by atoms with Gasteiger partial charge in [0, 0.05) is 38.0 Å². The number of anilines is 2. The van der Waals surface area contributed by atoms with Gasteiger partial charge in [0.25, 0.3) is 0 Å². The first kappa shape index (κ1) is 18.3. The van der Waals surface area contributed by atoms with Gasteiger partial charge in [-0.1, -0.05) is 13.8 Å². The molecule has 1 aromatic heterocycles. The Bertz CT molecular complexity index is 595. The zero-order chi connectivity index (χ0) is 17.8. The molecular formula is C18H29N5OS. The Morgan fingerprint density at radius 2 is 2.08 bits per heavy atom. The highest BCUT2D eigenvalue weighted by Crippen LogP contribution is 2.26. The number of piperidine rings is 1. The highest BCUT2D eigenvalue weighted by Gasteiger charge is 2.23. The third kappa shape index (κ3) is 5.25. The van der Waals surface area contributed by atoms with Gasteiger partial charge < -0.3 is 20.3 Å². The highest BCUT2D eigenvalue weighted by atomic mass is 32.1. The SMILES string of the molecule is Cc1cc(N2C[C@H](C)C[C@@H](C)C2)nc(NC(=S)NC[C@H]2CCCO2)n1. The van der Waals surface area contributed by atoms with Crippen molar-refractivity contribution in [3.8, 4) is 0 Å². The van der Waals surface area contributed by atoms with Gasteiger partial charge in [-0.15, -0.1) is 0 Å². The summed E-state index contributed by atoms with van der Waals surface area (Å²) in [6, 6.07) is 2.05. The van der Waals surface area contributed by atoms with E-state index in [1.165, 1.54) is 6.42 Å². The van der Waals surface area contributed by atoms with Crippen molar-refractivity contribution in [3.63, 3.8) is 0 Å². The van der Waals surface area contributed by atoms with Crippen molar-refractivity contribution in [1.29, 1.82) is 0 Å². The molecule has 0 aromatic carbocycles. The Kier molecular flexibility index (Phi) is 6.06. The summed E-state index contributed by atoms with van der Waals surface area (Å²) in [5.41, 5.74) is 0.945. The molecule has 2 aliphatic rings. The Morgan fingerprint density at radius 3 is 2.76 bits per heavy atom. The molecule has 0 amide bonds. The van der Waals surface area contributed by atoms with E-state index in [0.29, 0.717) is 22.9 Å². The molecule has 0 spiro atoms. The minimum atomic E-state index is 0.255. The molecule has 1 aromatic rings. The molecule has 2 fully saturated rings. The van der Waals surface area contributed by atoms with Crippen LogP contribution >= 0.6 is 12.2 Å². The molecule has 2 aliphatic heterocycles. The van der Waals surface area contributed by atoms with Crippen molar-refractivity contribution in [1.82, 2.24) is 15.3 Å². The summed E-state index contributed by atoms with van der Waals surface area (Å²) in [5, 5.41) is 6.88. The molecule has 0 aliphatic carbocycles. The van der Waals surface area contributed by atoms with E-state index in [1.807, 2.05) is 6.92 Å². The number of nitrogens with one attached hydrogen (secondary N) is 2. The van der Waals surface area contributed by atoms with Crippen LogP contribution in [-0.2, 0) is 4.74 Å². The lowest BCUT2D eigenvalue weighted by molar-refractivity contribution is 0.114. The van der Waals surface area contributed by atoms with Crippen LogP contribution in [-0.4, -0.2) is 47.4 Å². The van der Waals surface area contributed by atoms with E-state index in [1.54, 1.807) is 0 Å². The fourth-order valence-corrected chi connectivity index (χ4v) is 3.95. The number of thiocarbonyl (C=S) groups is 1. The summed E-state index contributed by atoms with van der Waals surface area (Å²) < 4.78 is 5.60. The number of ether oxygens (including phenoxy) is 1. The third-order valence-corrected chi connectivity index (χ3v) is 5.02. The fraction of sp³-hybridized carbons (Fsp3) is 0.722. The van der Waals surface area contributed by atoms with Crippen LogP contribution in [0, 0.1) is 18.8 Å². The van der Waals surface area contributed by atoms with E-state index >= 15 is 0 Å². The fourth-order valence-electron chi connectivity index (χ4n) is 3.78. The maximum Gasteiger partial charge on any atom is 0.231 e. The molecule has 0 unspecified atom stereocenters. The van der Waals surface area contributed by atoms with Gasteiger partial charge in [0.05, 0.1) is 6.10 Å². The highest BCUT2D eigenvalue weighted by molar-refractivity contribution is 7.80. The van der Waals surface area contributed by atoms with Gasteiger partial charge in [-0.05, 0) is 50.2 Å². The van der Waals surface area contributed by atoms with Crippen LogP contribution in [0.1, 0.15) is 38.8 Å². The number of hydrogen-bond acceptors (Lipinski definition) is 5. The lowest BCUT2D eigenvalue weighted by atomic mass is 9.92. The molecule has 3 rings (SSSR count). The van der Waals surface area contributed by atoms with E-state index in [-0.39, 0.29) is 6.10 Å². The topological polar surface area (TPSA) is 62.3 Å². The van der Waals surface area contributed by atoms with Gasteiger partial charge in [0.1, 0.15) is 5.82 Å². The smallest absolute Gasteiger partial charge is 0.231 e. The predicted molar refractivity (Wildman–Crippen MR) is 105 cm³/mol. The second-order valence-corrected chi connectivity index (χ2v) is 7.92. The minimum Gasteiger partial charge on any atom is -0.376 e. The quantitative estimate of drug-likeness (QED) is 0.798. The maximum absolute atomic E-state index is 5.60. The maximum atomic E-state index is 5.60. The van der Waals surface area contributed by atoms with Crippen molar-refractivity contribution in [2.24, 2.45) is 11.8 Å². The second-order valence-electron chi connectivity index (χ2n) is 7.51. The van der Waals surface area contributed by atoms with Crippen molar-refractivity contribution in [2.45, 2.75) is 46.1 Å². The number of nitrogens with zero attached hydrogens (tertiary/aromatic N) is 3. The number of aryl methyl sites for hydroxylation is 1. The van der Waals surface area contributed by atoms with Crippen LogP contribution in [0.15, 0.2) is 6.07 Å². The van der Waals surface area contributed by atoms with Crippen molar-refractivity contribution in [3.05, 3.63) is 11.8 Å². The number of hydrogen-bond donors (Lipinski definition) is 2. The van der Waals surface area contributed by atoms with E-state index < -0.39 is 0 Å². The van der Waals surface area contributed by atoms with Gasteiger partial charge in [0.15, 0.2) is 5.11 Å². The summed E-state index contributed by atoms with van der Waals surface area (Å²) in [5.74, 6) is 2.91. The predicted octanol–water partition coefficient (Wildman–Crippen LogP) is 2.73. The summed E-state index contributed by atoms with van der Waals surface area (Å²) in [4.78, 5) is 11.5. The van der Waals surface area contributed by atoms with E-state index in [0.717, 1.165) is 50.6 Å². The van der Waals surface area contributed by atoms with Gasteiger partial charge in [0.2, 0.25) is 5.95 Å². The zero-order valence-corrected chi connectivity index (χ0v) is 16.2. The van der Waals surface area contributed by atoms with Crippen LogP contribution in [0.4, 0.5) is 11.8 Å². The average molecular weight is 364 g/mol. The van der Waals surface area contributed by atoms with Crippen molar-refractivity contribution >= 4 is 29.1 Å². The molecule has 2 N–H and O–H groups in total. The minimum absolute atomic E-state index is 0.255. The van der Waals surface area contributed by atoms with E-state index in [4.69, 9.17) is 21.9 Å². The standard InChI is InChI=1S/C18H29N5OS/c1-12-7-13(2)11-23(10-12)16-8-14(3)20-17(21-16)22-18(25)19-9-15-5-4-6-24-15/h8,12-13,15H,4-7,9-11H2,1-3H3,(H2,19,20,21,22,25)/t12-,13-,15-/m1/s1. The molecule has 7 heteroatoms. The van der Waals surface area contributed by atoms with Gasteiger partial charge >= 0.3 is 0 Å². The largest absolute Gasteiger partial charge is 0.376 e. The van der Waals surface area contributed by atoms with Crippen LogP contribution in [0.3, 0.4) is 0 Å². The Hall–Kier alpha value is -1.47. The summed E-state index contributed by atoms with van der Waals surface area (Å²) >= 11 is 5.38. The molecule has 0 saturated carbocycles. The van der Waals surface area contributed by atoms with Gasteiger partial charge in [-0.25, -0.2) is 4.98 Å². The van der Waals surface area contributed by atoms with Gasteiger partial charge in [-0.3, -0.25) is 0 Å².